The van der Waals surface area contributed by atoms with Gasteiger partial charge in [-0.3, -0.25) is 4.79 Å². The summed E-state index contributed by atoms with van der Waals surface area (Å²) in [5.74, 6) is -1.23. The van der Waals surface area contributed by atoms with Gasteiger partial charge in [0.05, 0.1) is 5.92 Å². The first-order chi connectivity index (χ1) is 9.16. The fraction of sp³-hybridized carbons (Fsp3) is 0.538. The smallest absolute Gasteiger partial charge is 0.317 e. The lowest BCUT2D eigenvalue weighted by Gasteiger charge is -2.30. The van der Waals surface area contributed by atoms with Gasteiger partial charge in [-0.15, -0.1) is 11.3 Å². The molecule has 19 heavy (non-hydrogen) atoms. The van der Waals surface area contributed by atoms with Gasteiger partial charge in [0.2, 0.25) is 0 Å². The maximum atomic E-state index is 11.9. The zero-order chi connectivity index (χ0) is 13.7. The topological polar surface area (TPSA) is 69.6 Å². The average Bonchev–Trinajstić information content (AvgIpc) is 2.92. The van der Waals surface area contributed by atoms with E-state index in [-0.39, 0.29) is 6.03 Å². The third-order valence-corrected chi connectivity index (χ3v) is 4.22. The number of hydrogen-bond acceptors (Lipinski definition) is 3. The van der Waals surface area contributed by atoms with Crippen LogP contribution in [0.1, 0.15) is 17.7 Å². The van der Waals surface area contributed by atoms with Crippen LogP contribution in [-0.2, 0) is 11.2 Å². The van der Waals surface area contributed by atoms with E-state index in [1.807, 2.05) is 17.5 Å². The number of carboxylic acid groups (broad SMARTS) is 1. The van der Waals surface area contributed by atoms with Gasteiger partial charge in [0.25, 0.3) is 0 Å². The summed E-state index contributed by atoms with van der Waals surface area (Å²) in [6.45, 7) is 1.56. The number of piperidine rings is 1. The monoisotopic (exact) mass is 282 g/mol. The number of carboxylic acids is 1. The van der Waals surface area contributed by atoms with Crippen LogP contribution in [0.25, 0.3) is 0 Å². The first-order valence-electron chi connectivity index (χ1n) is 6.45. The van der Waals surface area contributed by atoms with Crippen molar-refractivity contribution in [3.63, 3.8) is 0 Å². The molecule has 1 atom stereocenters. The summed E-state index contributed by atoms with van der Waals surface area (Å²) in [6.07, 6.45) is 2.24. The number of carbonyl (C=O) groups is 2. The van der Waals surface area contributed by atoms with E-state index in [4.69, 9.17) is 5.11 Å². The van der Waals surface area contributed by atoms with Gasteiger partial charge < -0.3 is 15.3 Å². The molecule has 1 fully saturated rings. The van der Waals surface area contributed by atoms with Crippen molar-refractivity contribution in [2.75, 3.05) is 19.6 Å². The Kier molecular flexibility index (Phi) is 4.79. The van der Waals surface area contributed by atoms with Gasteiger partial charge in [0.15, 0.2) is 0 Å². The molecule has 104 valence electrons. The van der Waals surface area contributed by atoms with Crippen molar-refractivity contribution >= 4 is 23.3 Å². The number of aliphatic carboxylic acids is 1. The van der Waals surface area contributed by atoms with Crippen molar-refractivity contribution in [3.05, 3.63) is 22.4 Å². The number of urea groups is 1. The van der Waals surface area contributed by atoms with E-state index in [1.165, 1.54) is 4.88 Å². The van der Waals surface area contributed by atoms with E-state index in [1.54, 1.807) is 16.2 Å². The molecule has 6 heteroatoms. The number of hydrogen-bond donors (Lipinski definition) is 2. The Labute approximate surface area is 116 Å². The van der Waals surface area contributed by atoms with Crippen LogP contribution in [0.15, 0.2) is 17.5 Å². The summed E-state index contributed by atoms with van der Waals surface area (Å²) < 4.78 is 0. The SMILES string of the molecule is O=C(O)C1CCCN(C(=O)NCCc2cccs2)C1. The Balaban J connectivity index is 1.74. The summed E-state index contributed by atoms with van der Waals surface area (Å²) in [7, 11) is 0. The van der Waals surface area contributed by atoms with Crippen LogP contribution in [0.5, 0.6) is 0 Å². The van der Waals surface area contributed by atoms with Crippen molar-refractivity contribution in [3.8, 4) is 0 Å². The summed E-state index contributed by atoms with van der Waals surface area (Å²) in [4.78, 5) is 25.7. The van der Waals surface area contributed by atoms with Crippen LogP contribution in [0.3, 0.4) is 0 Å². The number of nitrogens with one attached hydrogen (secondary N) is 1. The summed E-state index contributed by atoms with van der Waals surface area (Å²) in [5.41, 5.74) is 0. The van der Waals surface area contributed by atoms with Gasteiger partial charge in [-0.25, -0.2) is 4.79 Å². The Bertz CT molecular complexity index is 433. The first-order valence-corrected chi connectivity index (χ1v) is 7.33. The Morgan fingerprint density at radius 2 is 2.37 bits per heavy atom. The highest BCUT2D eigenvalue weighted by atomic mass is 32.1. The molecule has 0 aromatic carbocycles. The predicted molar refractivity (Wildman–Crippen MR) is 73.4 cm³/mol. The van der Waals surface area contributed by atoms with E-state index in [0.717, 1.165) is 12.8 Å². The van der Waals surface area contributed by atoms with Crippen molar-refractivity contribution in [1.82, 2.24) is 10.2 Å². The van der Waals surface area contributed by atoms with Crippen LogP contribution >= 0.6 is 11.3 Å². The molecule has 1 aliphatic rings. The van der Waals surface area contributed by atoms with E-state index in [9.17, 15) is 9.59 Å². The second-order valence-corrected chi connectivity index (χ2v) is 5.72. The van der Waals surface area contributed by atoms with Crippen LogP contribution < -0.4 is 5.32 Å². The normalized spacial score (nSPS) is 19.2. The number of carbonyl (C=O) groups excluding carboxylic acids is 1. The van der Waals surface area contributed by atoms with Crippen LogP contribution in [0.2, 0.25) is 0 Å². The van der Waals surface area contributed by atoms with Crippen LogP contribution in [0, 0.1) is 5.92 Å². The second-order valence-electron chi connectivity index (χ2n) is 4.68. The lowest BCUT2D eigenvalue weighted by Crippen LogP contribution is -2.47. The molecule has 2 rings (SSSR count). The van der Waals surface area contributed by atoms with Crippen molar-refractivity contribution in [1.29, 1.82) is 0 Å². The number of amides is 2. The summed E-state index contributed by atoms with van der Waals surface area (Å²) in [5, 5.41) is 13.8. The van der Waals surface area contributed by atoms with E-state index >= 15 is 0 Å². The highest BCUT2D eigenvalue weighted by molar-refractivity contribution is 7.09. The molecule has 0 spiro atoms. The molecule has 1 saturated heterocycles. The minimum Gasteiger partial charge on any atom is -0.481 e. The zero-order valence-electron chi connectivity index (χ0n) is 10.7. The third-order valence-electron chi connectivity index (χ3n) is 3.29. The van der Waals surface area contributed by atoms with E-state index < -0.39 is 11.9 Å². The van der Waals surface area contributed by atoms with E-state index in [0.29, 0.717) is 26.1 Å². The fourth-order valence-electron chi connectivity index (χ4n) is 2.22. The van der Waals surface area contributed by atoms with Gasteiger partial charge in [0.1, 0.15) is 0 Å². The molecule has 2 N–H and O–H groups in total. The lowest BCUT2D eigenvalue weighted by atomic mass is 9.99. The number of nitrogens with zero attached hydrogens (tertiary/aromatic N) is 1. The van der Waals surface area contributed by atoms with Crippen LogP contribution in [0.4, 0.5) is 4.79 Å². The van der Waals surface area contributed by atoms with Gasteiger partial charge in [-0.05, 0) is 30.7 Å². The Morgan fingerprint density at radius 3 is 3.05 bits per heavy atom. The minimum absolute atomic E-state index is 0.150. The molecule has 2 heterocycles. The quantitative estimate of drug-likeness (QED) is 0.884. The van der Waals surface area contributed by atoms with Crippen molar-refractivity contribution in [2.45, 2.75) is 19.3 Å². The third kappa shape index (κ3) is 3.96. The molecular weight excluding hydrogens is 264 g/mol. The Morgan fingerprint density at radius 1 is 1.53 bits per heavy atom. The predicted octanol–water partition coefficient (Wildman–Crippen LogP) is 1.80. The van der Waals surface area contributed by atoms with E-state index in [2.05, 4.69) is 5.32 Å². The molecule has 1 unspecified atom stereocenters. The highest BCUT2D eigenvalue weighted by Gasteiger charge is 2.27. The van der Waals surface area contributed by atoms with Gasteiger partial charge in [-0.1, -0.05) is 6.07 Å². The highest BCUT2D eigenvalue weighted by Crippen LogP contribution is 2.16. The summed E-state index contributed by atoms with van der Waals surface area (Å²) in [6, 6.07) is 3.88. The molecular formula is C13H18N2O3S. The molecule has 2 amide bonds. The number of likely N-dealkylation sites (tertiary alicyclic amines) is 1. The standard InChI is InChI=1S/C13H18N2O3S/c16-12(17)10-3-1-7-15(9-10)13(18)14-6-5-11-4-2-8-19-11/h2,4,8,10H,1,3,5-7,9H2,(H,14,18)(H,16,17). The maximum Gasteiger partial charge on any atom is 0.317 e. The number of thiophene rings is 1. The summed E-state index contributed by atoms with van der Waals surface area (Å²) >= 11 is 1.67. The van der Waals surface area contributed by atoms with Gasteiger partial charge >= 0.3 is 12.0 Å². The largest absolute Gasteiger partial charge is 0.481 e. The molecule has 1 aromatic rings. The minimum atomic E-state index is -0.809. The molecule has 0 saturated carbocycles. The van der Waals surface area contributed by atoms with Crippen molar-refractivity contribution < 1.29 is 14.7 Å². The molecule has 5 nitrogen and oxygen atoms in total. The average molecular weight is 282 g/mol. The van der Waals surface area contributed by atoms with Crippen LogP contribution in [-0.4, -0.2) is 41.6 Å². The van der Waals surface area contributed by atoms with Gasteiger partial charge in [0, 0.05) is 24.5 Å². The van der Waals surface area contributed by atoms with Crippen molar-refractivity contribution in [2.24, 2.45) is 5.92 Å². The zero-order valence-corrected chi connectivity index (χ0v) is 11.5. The Hall–Kier alpha value is -1.56. The fourth-order valence-corrected chi connectivity index (χ4v) is 2.93. The number of rotatable bonds is 4. The molecule has 0 bridgehead atoms. The maximum absolute atomic E-state index is 11.9. The second kappa shape index (κ2) is 6.56. The molecule has 1 aromatic heterocycles. The molecule has 0 radical (unpaired) electrons. The molecule has 1 aliphatic heterocycles. The molecule has 0 aliphatic carbocycles. The van der Waals surface area contributed by atoms with Gasteiger partial charge in [-0.2, -0.15) is 0 Å². The first kappa shape index (κ1) is 13.9. The lowest BCUT2D eigenvalue weighted by molar-refractivity contribution is -0.143.